The fourth-order valence-electron chi connectivity index (χ4n) is 4.07. The molecule has 1 saturated carbocycles. The van der Waals surface area contributed by atoms with E-state index in [1.807, 2.05) is 24.3 Å². The molecule has 0 aliphatic heterocycles. The van der Waals surface area contributed by atoms with Crippen molar-refractivity contribution in [3.8, 4) is 0 Å². The Morgan fingerprint density at radius 1 is 1.07 bits per heavy atom. The highest BCUT2D eigenvalue weighted by atomic mass is 16.3. The third kappa shape index (κ3) is 7.23. The van der Waals surface area contributed by atoms with Crippen LogP contribution in [-0.2, 0) is 11.2 Å². The van der Waals surface area contributed by atoms with Crippen LogP contribution in [0.1, 0.15) is 45.1 Å². The summed E-state index contributed by atoms with van der Waals surface area (Å²) in [5, 5.41) is 9.10. The van der Waals surface area contributed by atoms with Gasteiger partial charge in [-0.05, 0) is 50.1 Å². The van der Waals surface area contributed by atoms with Gasteiger partial charge in [0.05, 0.1) is 6.61 Å². The molecule has 1 aromatic rings. The van der Waals surface area contributed by atoms with E-state index < -0.39 is 0 Å². The van der Waals surface area contributed by atoms with E-state index in [0.717, 1.165) is 69.8 Å². The van der Waals surface area contributed by atoms with Gasteiger partial charge in [-0.15, -0.1) is 0 Å². The number of aryl methyl sites for hydroxylation is 1. The predicted octanol–water partition coefficient (Wildman–Crippen LogP) is 2.05. The van der Waals surface area contributed by atoms with Crippen molar-refractivity contribution in [1.29, 1.82) is 0 Å². The van der Waals surface area contributed by atoms with Crippen LogP contribution >= 0.6 is 0 Å². The number of carbonyl (C=O) groups excluding carboxylic acids is 1. The molecular formula is C22H39N5O2. The number of carbonyl (C=O) groups is 1. The second kappa shape index (κ2) is 12.1. The van der Waals surface area contributed by atoms with Gasteiger partial charge in [0.25, 0.3) is 0 Å². The topological polar surface area (TPSA) is 72.8 Å². The first-order valence-corrected chi connectivity index (χ1v) is 11.1. The first-order valence-electron chi connectivity index (χ1n) is 11.1. The molecule has 1 N–H and O–H groups in total. The average molecular weight is 406 g/mol. The van der Waals surface area contributed by atoms with Gasteiger partial charge in [-0.25, -0.2) is 9.97 Å². The second-order valence-electron chi connectivity index (χ2n) is 8.26. The molecule has 29 heavy (non-hydrogen) atoms. The van der Waals surface area contributed by atoms with E-state index in [2.05, 4.69) is 40.7 Å². The molecule has 1 heterocycles. The first-order chi connectivity index (χ1) is 14.0. The number of amides is 1. The summed E-state index contributed by atoms with van der Waals surface area (Å²) in [7, 11) is 3.96. The van der Waals surface area contributed by atoms with Crippen LogP contribution in [0.25, 0.3) is 0 Å². The quantitative estimate of drug-likeness (QED) is 0.608. The minimum absolute atomic E-state index is 0.148. The highest BCUT2D eigenvalue weighted by molar-refractivity contribution is 5.78. The summed E-state index contributed by atoms with van der Waals surface area (Å²) in [6, 6.07) is 0. The number of hydrogen-bond acceptors (Lipinski definition) is 6. The van der Waals surface area contributed by atoms with Gasteiger partial charge in [-0.1, -0.05) is 13.8 Å². The first kappa shape index (κ1) is 23.5. The number of aromatic nitrogens is 2. The number of likely N-dealkylation sites (N-methyl/N-ethyl adjacent to an activating group) is 2. The molecule has 1 aliphatic carbocycles. The number of nitrogens with zero attached hydrogens (tertiary/aromatic N) is 5. The molecule has 7 nitrogen and oxygen atoms in total. The molecule has 0 unspecified atom stereocenters. The molecule has 1 fully saturated rings. The summed E-state index contributed by atoms with van der Waals surface area (Å²) in [5.74, 6) is 1.79. The number of anilines is 1. The van der Waals surface area contributed by atoms with Gasteiger partial charge < -0.3 is 14.9 Å². The molecule has 0 radical (unpaired) electrons. The van der Waals surface area contributed by atoms with E-state index in [-0.39, 0.29) is 18.4 Å². The van der Waals surface area contributed by atoms with Crippen molar-refractivity contribution < 1.29 is 9.90 Å². The monoisotopic (exact) mass is 405 g/mol. The third-order valence-corrected chi connectivity index (χ3v) is 6.16. The zero-order valence-corrected chi connectivity index (χ0v) is 18.7. The number of aliphatic hydroxyl groups is 1. The van der Waals surface area contributed by atoms with E-state index in [4.69, 9.17) is 5.11 Å². The fourth-order valence-corrected chi connectivity index (χ4v) is 4.07. The molecule has 2 rings (SSSR count). The molecule has 1 aromatic heterocycles. The van der Waals surface area contributed by atoms with Crippen LogP contribution in [0.3, 0.4) is 0 Å². The number of aliphatic hydroxyl groups excluding tert-OH is 1. The van der Waals surface area contributed by atoms with E-state index in [1.165, 1.54) is 0 Å². The smallest absolute Gasteiger partial charge is 0.225 e. The standard InChI is InChI=1S/C22H39N5O2/c1-5-18-15-23-22(24-16-18)26(4)17-19-7-9-20(10-8-19)21(29)25(3)11-12-27(6-2)13-14-28/h15-16,19-20,28H,5-14,17H2,1-4H3. The summed E-state index contributed by atoms with van der Waals surface area (Å²) < 4.78 is 0. The van der Waals surface area contributed by atoms with Crippen molar-refractivity contribution in [2.24, 2.45) is 11.8 Å². The molecular weight excluding hydrogens is 366 g/mol. The lowest BCUT2D eigenvalue weighted by molar-refractivity contribution is -0.135. The lowest BCUT2D eigenvalue weighted by atomic mass is 9.81. The summed E-state index contributed by atoms with van der Waals surface area (Å²) in [6.45, 7) is 8.39. The highest BCUT2D eigenvalue weighted by Gasteiger charge is 2.29. The lowest BCUT2D eigenvalue weighted by Gasteiger charge is -2.33. The largest absolute Gasteiger partial charge is 0.395 e. The van der Waals surface area contributed by atoms with Gasteiger partial charge >= 0.3 is 0 Å². The molecule has 164 valence electrons. The van der Waals surface area contributed by atoms with Crippen molar-refractivity contribution in [3.05, 3.63) is 18.0 Å². The molecule has 0 bridgehead atoms. The van der Waals surface area contributed by atoms with Crippen LogP contribution in [-0.4, -0.2) is 84.2 Å². The Morgan fingerprint density at radius 3 is 2.28 bits per heavy atom. The van der Waals surface area contributed by atoms with Gasteiger partial charge in [0.1, 0.15) is 0 Å². The van der Waals surface area contributed by atoms with Crippen molar-refractivity contribution in [1.82, 2.24) is 19.8 Å². The SMILES string of the molecule is CCc1cnc(N(C)CC2CCC(C(=O)N(C)CCN(CC)CCO)CC2)nc1. The van der Waals surface area contributed by atoms with Gasteiger partial charge in [-0.2, -0.15) is 0 Å². The molecule has 0 saturated heterocycles. The molecule has 0 aromatic carbocycles. The Balaban J connectivity index is 1.75. The average Bonchev–Trinajstić information content (AvgIpc) is 2.76. The van der Waals surface area contributed by atoms with Gasteiger partial charge in [-0.3, -0.25) is 9.69 Å². The fraction of sp³-hybridized carbons (Fsp3) is 0.773. The van der Waals surface area contributed by atoms with Crippen LogP contribution < -0.4 is 4.90 Å². The van der Waals surface area contributed by atoms with Gasteiger partial charge in [0, 0.05) is 58.6 Å². The number of rotatable bonds is 11. The third-order valence-electron chi connectivity index (χ3n) is 6.16. The number of hydrogen-bond donors (Lipinski definition) is 1. The highest BCUT2D eigenvalue weighted by Crippen LogP contribution is 2.30. The normalized spacial score (nSPS) is 19.4. The molecule has 1 amide bonds. The Labute approximate surface area is 176 Å². The van der Waals surface area contributed by atoms with Crippen LogP contribution in [0.4, 0.5) is 5.95 Å². The zero-order valence-electron chi connectivity index (χ0n) is 18.7. The van der Waals surface area contributed by atoms with Crippen molar-refractivity contribution >= 4 is 11.9 Å². The van der Waals surface area contributed by atoms with E-state index in [1.54, 1.807) is 0 Å². The maximum absolute atomic E-state index is 12.8. The predicted molar refractivity (Wildman–Crippen MR) is 117 cm³/mol. The Bertz CT molecular complexity index is 602. The van der Waals surface area contributed by atoms with Crippen LogP contribution in [0.15, 0.2) is 12.4 Å². The summed E-state index contributed by atoms with van der Waals surface area (Å²) in [4.78, 5) is 27.9. The maximum Gasteiger partial charge on any atom is 0.225 e. The van der Waals surface area contributed by atoms with Crippen molar-refractivity contribution in [2.45, 2.75) is 46.0 Å². The second-order valence-corrected chi connectivity index (χ2v) is 8.26. The molecule has 7 heteroatoms. The minimum atomic E-state index is 0.148. The molecule has 0 spiro atoms. The van der Waals surface area contributed by atoms with Gasteiger partial charge in [0.15, 0.2) is 0 Å². The van der Waals surface area contributed by atoms with E-state index >= 15 is 0 Å². The summed E-state index contributed by atoms with van der Waals surface area (Å²) in [5.41, 5.74) is 1.16. The van der Waals surface area contributed by atoms with E-state index in [0.29, 0.717) is 12.5 Å². The Hall–Kier alpha value is -1.73. The maximum atomic E-state index is 12.8. The van der Waals surface area contributed by atoms with Crippen LogP contribution in [0, 0.1) is 11.8 Å². The Kier molecular flexibility index (Phi) is 9.81. The van der Waals surface area contributed by atoms with Gasteiger partial charge in [0.2, 0.25) is 11.9 Å². The van der Waals surface area contributed by atoms with E-state index in [9.17, 15) is 4.79 Å². The Morgan fingerprint density at radius 2 is 1.72 bits per heavy atom. The zero-order chi connectivity index (χ0) is 21.2. The molecule has 1 aliphatic rings. The summed E-state index contributed by atoms with van der Waals surface area (Å²) >= 11 is 0. The lowest BCUT2D eigenvalue weighted by Crippen LogP contribution is -2.41. The summed E-state index contributed by atoms with van der Waals surface area (Å²) in [6.07, 6.45) is 8.85. The minimum Gasteiger partial charge on any atom is -0.395 e. The van der Waals surface area contributed by atoms with Crippen molar-refractivity contribution in [2.75, 3.05) is 58.3 Å². The van der Waals surface area contributed by atoms with Crippen molar-refractivity contribution in [3.63, 3.8) is 0 Å². The molecule has 0 atom stereocenters. The van der Waals surface area contributed by atoms with Crippen LogP contribution in [0.2, 0.25) is 0 Å². The van der Waals surface area contributed by atoms with Crippen LogP contribution in [0.5, 0.6) is 0 Å².